The van der Waals surface area contributed by atoms with Gasteiger partial charge in [-0.1, -0.05) is 0 Å². The van der Waals surface area contributed by atoms with Gasteiger partial charge < -0.3 is 21.1 Å². The first-order valence-corrected chi connectivity index (χ1v) is 9.63. The predicted molar refractivity (Wildman–Crippen MR) is 112 cm³/mol. The average Bonchev–Trinajstić information content (AvgIpc) is 2.63. The van der Waals surface area contributed by atoms with Crippen LogP contribution in [-0.2, 0) is 11.3 Å². The van der Waals surface area contributed by atoms with E-state index in [9.17, 15) is 14.7 Å². The van der Waals surface area contributed by atoms with Crippen molar-refractivity contribution in [2.24, 2.45) is 5.73 Å². The third-order valence-electron chi connectivity index (χ3n) is 5.33. The smallest absolute Gasteiger partial charge is 0.251 e. The molecule has 1 saturated carbocycles. The van der Waals surface area contributed by atoms with E-state index in [-0.39, 0.29) is 36.0 Å². The van der Waals surface area contributed by atoms with Gasteiger partial charge in [0.25, 0.3) is 5.91 Å². The van der Waals surface area contributed by atoms with Crippen LogP contribution in [0.1, 0.15) is 53.2 Å². The van der Waals surface area contributed by atoms with Crippen LogP contribution in [-0.4, -0.2) is 28.8 Å². The molecule has 1 fully saturated rings. The molecular weight excluding hydrogens is 368 g/mol. The summed E-state index contributed by atoms with van der Waals surface area (Å²) in [5, 5.41) is 20.2. The molecule has 0 spiro atoms. The summed E-state index contributed by atoms with van der Waals surface area (Å²) in [7, 11) is 0. The van der Waals surface area contributed by atoms with Crippen molar-refractivity contribution < 1.29 is 14.7 Å². The van der Waals surface area contributed by atoms with E-state index in [2.05, 4.69) is 5.32 Å². The summed E-state index contributed by atoms with van der Waals surface area (Å²) in [6, 6.07) is 10.1. The van der Waals surface area contributed by atoms with E-state index in [0.717, 1.165) is 30.5 Å². The maximum Gasteiger partial charge on any atom is 0.251 e. The Morgan fingerprint density at radius 2 is 1.90 bits per heavy atom. The lowest BCUT2D eigenvalue weighted by atomic mass is 9.90. The maximum absolute atomic E-state index is 12.6. The molecule has 7 nitrogen and oxygen atoms in total. The average molecular weight is 394 g/mol. The highest BCUT2D eigenvalue weighted by molar-refractivity contribution is 5.97. The molecule has 2 amide bonds. The Morgan fingerprint density at radius 1 is 1.21 bits per heavy atom. The molecule has 5 N–H and O–H groups in total. The van der Waals surface area contributed by atoms with Crippen LogP contribution in [0.2, 0.25) is 0 Å². The fourth-order valence-electron chi connectivity index (χ4n) is 3.51. The minimum absolute atomic E-state index is 0.0100. The molecule has 0 radical (unpaired) electrons. The Balaban J connectivity index is 1.73. The van der Waals surface area contributed by atoms with Crippen molar-refractivity contribution in [1.29, 1.82) is 5.41 Å². The van der Waals surface area contributed by atoms with Crippen molar-refractivity contribution in [2.45, 2.75) is 45.7 Å². The van der Waals surface area contributed by atoms with Gasteiger partial charge in [0.05, 0.1) is 0 Å². The van der Waals surface area contributed by atoms with Gasteiger partial charge in [-0.05, 0) is 68.1 Å². The number of benzene rings is 2. The van der Waals surface area contributed by atoms with Crippen LogP contribution < -0.4 is 16.0 Å². The zero-order chi connectivity index (χ0) is 21.1. The number of carbonyl (C=O) groups is 2. The number of carbonyl (C=O) groups excluding carboxylic acids is 2. The number of hydrogen-bond donors (Lipinski definition) is 4. The Labute approximate surface area is 170 Å². The van der Waals surface area contributed by atoms with Crippen molar-refractivity contribution in [3.63, 3.8) is 0 Å². The molecule has 0 unspecified atom stereocenters. The molecule has 29 heavy (non-hydrogen) atoms. The molecule has 1 aliphatic rings. The molecule has 0 saturated heterocycles. The van der Waals surface area contributed by atoms with Crippen LogP contribution in [0.15, 0.2) is 36.4 Å². The maximum atomic E-state index is 12.6. The molecule has 0 atom stereocenters. The van der Waals surface area contributed by atoms with Crippen molar-refractivity contribution in [3.8, 4) is 5.75 Å². The number of hydrogen-bond acceptors (Lipinski definition) is 4. The highest BCUT2D eigenvalue weighted by Gasteiger charge is 2.29. The summed E-state index contributed by atoms with van der Waals surface area (Å²) >= 11 is 0. The Kier molecular flexibility index (Phi) is 5.87. The van der Waals surface area contributed by atoms with Crippen molar-refractivity contribution in [1.82, 2.24) is 5.32 Å². The SMILES string of the molecule is CC(=O)N(c1ccc(C(=O)NCc2cc(C(=N)N)ccc2O)cc1C)C1CCC1. The fraction of sp³-hybridized carbons (Fsp3) is 0.318. The first-order valence-electron chi connectivity index (χ1n) is 9.63. The fourth-order valence-corrected chi connectivity index (χ4v) is 3.51. The van der Waals surface area contributed by atoms with E-state index in [4.69, 9.17) is 11.1 Å². The summed E-state index contributed by atoms with van der Waals surface area (Å²) in [5.41, 5.74) is 8.61. The van der Waals surface area contributed by atoms with Crippen molar-refractivity contribution in [3.05, 3.63) is 58.7 Å². The molecule has 0 aromatic heterocycles. The minimum Gasteiger partial charge on any atom is -0.508 e. The number of nitrogens with one attached hydrogen (secondary N) is 2. The number of amidine groups is 1. The summed E-state index contributed by atoms with van der Waals surface area (Å²) < 4.78 is 0. The summed E-state index contributed by atoms with van der Waals surface area (Å²) in [6.45, 7) is 3.57. The standard InChI is InChI=1S/C22H26N4O3/c1-13-10-16(6-8-19(13)26(14(2)27)18-4-3-5-18)22(29)25-12-17-11-15(21(23)24)7-9-20(17)28/h6-11,18,28H,3-5,12H2,1-2H3,(H3,23,24)(H,25,29). The van der Waals surface area contributed by atoms with Crippen LogP contribution >= 0.6 is 0 Å². The van der Waals surface area contributed by atoms with Gasteiger partial charge in [0.2, 0.25) is 5.91 Å². The monoisotopic (exact) mass is 394 g/mol. The Bertz CT molecular complexity index is 967. The second-order valence-corrected chi connectivity index (χ2v) is 7.41. The molecule has 152 valence electrons. The number of amides is 2. The van der Waals surface area contributed by atoms with Crippen molar-refractivity contribution >= 4 is 23.3 Å². The van der Waals surface area contributed by atoms with Gasteiger partial charge in [-0.15, -0.1) is 0 Å². The number of phenolic OH excluding ortho intramolecular Hbond substituents is 1. The number of nitrogens with zero attached hydrogens (tertiary/aromatic N) is 1. The summed E-state index contributed by atoms with van der Waals surface area (Å²) in [5.74, 6) is -0.356. The van der Waals surface area contributed by atoms with E-state index in [1.165, 1.54) is 6.07 Å². The van der Waals surface area contributed by atoms with Crippen LogP contribution in [0.5, 0.6) is 5.75 Å². The van der Waals surface area contributed by atoms with E-state index in [0.29, 0.717) is 16.7 Å². The van der Waals surface area contributed by atoms with Gasteiger partial charge in [-0.3, -0.25) is 15.0 Å². The van der Waals surface area contributed by atoms with Crippen LogP contribution in [0.4, 0.5) is 5.69 Å². The van der Waals surface area contributed by atoms with Crippen molar-refractivity contribution in [2.75, 3.05) is 4.90 Å². The number of phenols is 1. The third-order valence-corrected chi connectivity index (χ3v) is 5.33. The topological polar surface area (TPSA) is 120 Å². The summed E-state index contributed by atoms with van der Waals surface area (Å²) in [6.07, 6.45) is 3.14. The first-order chi connectivity index (χ1) is 13.8. The lowest BCUT2D eigenvalue weighted by Crippen LogP contribution is -2.43. The molecular formula is C22H26N4O3. The Hall–Kier alpha value is -3.35. The lowest BCUT2D eigenvalue weighted by Gasteiger charge is -2.37. The largest absolute Gasteiger partial charge is 0.508 e. The lowest BCUT2D eigenvalue weighted by molar-refractivity contribution is -0.117. The quantitative estimate of drug-likeness (QED) is 0.445. The molecule has 2 aromatic carbocycles. The van der Waals surface area contributed by atoms with Gasteiger partial charge in [0, 0.05) is 41.9 Å². The number of aryl methyl sites for hydroxylation is 1. The second kappa shape index (κ2) is 8.34. The molecule has 1 aliphatic carbocycles. The van der Waals surface area contributed by atoms with Gasteiger partial charge in [-0.25, -0.2) is 0 Å². The highest BCUT2D eigenvalue weighted by Crippen LogP contribution is 2.32. The molecule has 2 aromatic rings. The molecule has 0 aliphatic heterocycles. The third kappa shape index (κ3) is 4.39. The van der Waals surface area contributed by atoms with E-state index < -0.39 is 0 Å². The number of nitrogens with two attached hydrogens (primary N) is 1. The molecule has 3 rings (SSSR count). The van der Waals surface area contributed by atoms with E-state index in [1.807, 2.05) is 17.9 Å². The van der Waals surface area contributed by atoms with Crippen LogP contribution in [0, 0.1) is 12.3 Å². The van der Waals surface area contributed by atoms with Gasteiger partial charge in [-0.2, -0.15) is 0 Å². The zero-order valence-corrected chi connectivity index (χ0v) is 16.7. The van der Waals surface area contributed by atoms with Crippen LogP contribution in [0.3, 0.4) is 0 Å². The highest BCUT2D eigenvalue weighted by atomic mass is 16.3. The number of anilines is 1. The predicted octanol–water partition coefficient (Wildman–Crippen LogP) is 2.82. The van der Waals surface area contributed by atoms with Gasteiger partial charge >= 0.3 is 0 Å². The van der Waals surface area contributed by atoms with E-state index in [1.54, 1.807) is 31.2 Å². The first kappa shape index (κ1) is 20.4. The zero-order valence-electron chi connectivity index (χ0n) is 16.7. The Morgan fingerprint density at radius 3 is 2.45 bits per heavy atom. The molecule has 7 heteroatoms. The number of nitrogen functional groups attached to an aromatic ring is 1. The molecule has 0 heterocycles. The van der Waals surface area contributed by atoms with E-state index >= 15 is 0 Å². The second-order valence-electron chi connectivity index (χ2n) is 7.41. The normalized spacial score (nSPS) is 13.4. The number of aromatic hydroxyl groups is 1. The molecule has 0 bridgehead atoms. The summed E-state index contributed by atoms with van der Waals surface area (Å²) in [4.78, 5) is 26.5. The van der Waals surface area contributed by atoms with Crippen LogP contribution in [0.25, 0.3) is 0 Å². The van der Waals surface area contributed by atoms with Gasteiger partial charge in [0.15, 0.2) is 0 Å². The van der Waals surface area contributed by atoms with Gasteiger partial charge in [0.1, 0.15) is 11.6 Å². The minimum atomic E-state index is -0.287. The number of rotatable bonds is 6.